The highest BCUT2D eigenvalue weighted by Gasteiger charge is 2.31. The number of aliphatic hydroxyl groups is 1. The van der Waals surface area contributed by atoms with Gasteiger partial charge in [-0.2, -0.15) is 0 Å². The van der Waals surface area contributed by atoms with Gasteiger partial charge in [0.25, 0.3) is 0 Å². The molecule has 2 fully saturated rings. The number of piperazine rings is 1. The summed E-state index contributed by atoms with van der Waals surface area (Å²) in [5.41, 5.74) is 1.22. The molecule has 0 aromatic heterocycles. The Morgan fingerprint density at radius 2 is 1.57 bits per heavy atom. The highest BCUT2D eigenvalue weighted by Crippen LogP contribution is 2.33. The monoisotopic (exact) mass is 320 g/mol. The van der Waals surface area contributed by atoms with Gasteiger partial charge in [-0.1, -0.05) is 0 Å². The maximum atomic E-state index is 10.1. The molecule has 0 amide bonds. The third kappa shape index (κ3) is 4.59. The van der Waals surface area contributed by atoms with Crippen LogP contribution < -0.4 is 9.47 Å². The summed E-state index contributed by atoms with van der Waals surface area (Å²) < 4.78 is 10.7. The first-order valence-electron chi connectivity index (χ1n) is 8.52. The van der Waals surface area contributed by atoms with Crippen molar-refractivity contribution in [2.75, 3.05) is 46.9 Å². The van der Waals surface area contributed by atoms with E-state index in [0.717, 1.165) is 50.8 Å². The number of β-amino-alcohol motifs (C(OH)–C–C–N with tert-alkyl or cyclic N) is 1. The van der Waals surface area contributed by atoms with Gasteiger partial charge in [-0.15, -0.1) is 0 Å². The number of hydrogen-bond donors (Lipinski definition) is 1. The second-order valence-electron chi connectivity index (χ2n) is 6.70. The van der Waals surface area contributed by atoms with Crippen molar-refractivity contribution in [3.63, 3.8) is 0 Å². The average Bonchev–Trinajstić information content (AvgIpc) is 3.41. The number of nitrogens with zero attached hydrogens (tertiary/aromatic N) is 2. The van der Waals surface area contributed by atoms with Gasteiger partial charge in [-0.05, 0) is 36.5 Å². The molecule has 23 heavy (non-hydrogen) atoms. The van der Waals surface area contributed by atoms with Gasteiger partial charge >= 0.3 is 0 Å². The molecule has 2 aliphatic rings. The van der Waals surface area contributed by atoms with Crippen molar-refractivity contribution in [1.29, 1.82) is 0 Å². The molecule has 3 rings (SSSR count). The second-order valence-corrected chi connectivity index (χ2v) is 6.70. The Hall–Kier alpha value is -1.30. The molecule has 1 aromatic rings. The van der Waals surface area contributed by atoms with Gasteiger partial charge in [-0.3, -0.25) is 9.80 Å². The number of benzene rings is 1. The molecule has 128 valence electrons. The molecule has 1 saturated heterocycles. The third-order valence-corrected chi connectivity index (χ3v) is 4.89. The predicted octanol–water partition coefficient (Wildman–Crippen LogP) is 1.59. The van der Waals surface area contributed by atoms with Crippen molar-refractivity contribution in [3.05, 3.63) is 23.8 Å². The summed E-state index contributed by atoms with van der Waals surface area (Å²) in [7, 11) is 3.37. The largest absolute Gasteiger partial charge is 0.497 e. The number of methoxy groups -OCH3 is 2. The van der Waals surface area contributed by atoms with E-state index >= 15 is 0 Å². The molecule has 1 heterocycles. The van der Waals surface area contributed by atoms with E-state index in [1.807, 2.05) is 6.07 Å². The normalized spacial score (nSPS) is 21.2. The van der Waals surface area contributed by atoms with Crippen LogP contribution in [0.3, 0.4) is 0 Å². The fraction of sp³-hybridized carbons (Fsp3) is 0.667. The van der Waals surface area contributed by atoms with Crippen molar-refractivity contribution in [1.82, 2.24) is 9.80 Å². The van der Waals surface area contributed by atoms with Crippen LogP contribution in [0.5, 0.6) is 11.5 Å². The van der Waals surface area contributed by atoms with Crippen molar-refractivity contribution in [2.24, 2.45) is 5.92 Å². The van der Waals surface area contributed by atoms with Gasteiger partial charge in [0.2, 0.25) is 0 Å². The third-order valence-electron chi connectivity index (χ3n) is 4.89. The molecule has 0 radical (unpaired) electrons. The fourth-order valence-electron chi connectivity index (χ4n) is 3.24. The number of rotatable bonds is 7. The zero-order valence-corrected chi connectivity index (χ0v) is 14.2. The van der Waals surface area contributed by atoms with E-state index in [4.69, 9.17) is 9.47 Å². The smallest absolute Gasteiger partial charge is 0.122 e. The van der Waals surface area contributed by atoms with Gasteiger partial charge in [0, 0.05) is 45.3 Å². The average molecular weight is 320 g/mol. The van der Waals surface area contributed by atoms with Crippen LogP contribution in [-0.4, -0.2) is 68.0 Å². The van der Waals surface area contributed by atoms with Crippen LogP contribution >= 0.6 is 0 Å². The van der Waals surface area contributed by atoms with Crippen molar-refractivity contribution in [2.45, 2.75) is 25.5 Å². The standard InChI is InChI=1S/C18H28N2O3/c1-22-16-9-14(10-17(11-16)23-2)12-19-5-7-20(8-6-19)13-18(21)15-3-4-15/h9-11,15,18,21H,3-8,12-13H2,1-2H3/t18-/m0/s1. The first kappa shape index (κ1) is 16.6. The summed E-state index contributed by atoms with van der Waals surface area (Å²) in [5.74, 6) is 2.24. The molecule has 1 atom stereocenters. The number of ether oxygens (including phenoxy) is 2. The first-order chi connectivity index (χ1) is 11.2. The van der Waals surface area contributed by atoms with Crippen LogP contribution in [0, 0.1) is 5.92 Å². The molecule has 0 bridgehead atoms. The van der Waals surface area contributed by atoms with Crippen LogP contribution in [0.2, 0.25) is 0 Å². The van der Waals surface area contributed by atoms with Crippen LogP contribution in [0.1, 0.15) is 18.4 Å². The number of hydrogen-bond acceptors (Lipinski definition) is 5. The van der Waals surface area contributed by atoms with Crippen LogP contribution in [-0.2, 0) is 6.54 Å². The molecule has 5 nitrogen and oxygen atoms in total. The topological polar surface area (TPSA) is 45.2 Å². The Kier molecular flexibility index (Phi) is 5.41. The second kappa shape index (κ2) is 7.51. The lowest BCUT2D eigenvalue weighted by Gasteiger charge is -2.35. The van der Waals surface area contributed by atoms with E-state index in [0.29, 0.717) is 5.92 Å². The van der Waals surface area contributed by atoms with E-state index in [1.54, 1.807) is 14.2 Å². The zero-order valence-electron chi connectivity index (χ0n) is 14.2. The van der Waals surface area contributed by atoms with Crippen LogP contribution in [0.4, 0.5) is 0 Å². The van der Waals surface area contributed by atoms with E-state index in [9.17, 15) is 5.11 Å². The minimum atomic E-state index is -0.121. The van der Waals surface area contributed by atoms with Crippen molar-refractivity contribution < 1.29 is 14.6 Å². The van der Waals surface area contributed by atoms with Gasteiger partial charge in [-0.25, -0.2) is 0 Å². The minimum absolute atomic E-state index is 0.121. The van der Waals surface area contributed by atoms with E-state index < -0.39 is 0 Å². The Morgan fingerprint density at radius 1 is 1.00 bits per heavy atom. The van der Waals surface area contributed by atoms with Crippen LogP contribution in [0.25, 0.3) is 0 Å². The zero-order chi connectivity index (χ0) is 16.2. The Morgan fingerprint density at radius 3 is 2.09 bits per heavy atom. The highest BCUT2D eigenvalue weighted by molar-refractivity contribution is 5.38. The molecule has 1 aliphatic heterocycles. The maximum absolute atomic E-state index is 10.1. The van der Waals surface area contributed by atoms with Gasteiger partial charge in [0.05, 0.1) is 20.3 Å². The summed E-state index contributed by atoms with van der Waals surface area (Å²) >= 11 is 0. The summed E-state index contributed by atoms with van der Waals surface area (Å²) in [6.45, 7) is 5.89. The Labute approximate surface area is 138 Å². The molecule has 1 aliphatic carbocycles. The van der Waals surface area contributed by atoms with Crippen molar-refractivity contribution >= 4 is 0 Å². The van der Waals surface area contributed by atoms with E-state index in [-0.39, 0.29) is 6.10 Å². The SMILES string of the molecule is COc1cc(CN2CCN(C[C@H](O)C3CC3)CC2)cc(OC)c1. The molecule has 1 saturated carbocycles. The highest BCUT2D eigenvalue weighted by atomic mass is 16.5. The summed E-state index contributed by atoms with van der Waals surface area (Å²) in [6, 6.07) is 6.05. The fourth-order valence-corrected chi connectivity index (χ4v) is 3.24. The quantitative estimate of drug-likeness (QED) is 0.827. The van der Waals surface area contributed by atoms with Crippen LogP contribution in [0.15, 0.2) is 18.2 Å². The molecule has 0 unspecified atom stereocenters. The first-order valence-corrected chi connectivity index (χ1v) is 8.52. The Bertz CT molecular complexity index is 489. The van der Waals surface area contributed by atoms with E-state index in [1.165, 1.54) is 18.4 Å². The summed E-state index contributed by atoms with van der Waals surface area (Å²) in [5, 5.41) is 10.1. The summed E-state index contributed by atoms with van der Waals surface area (Å²) in [4.78, 5) is 4.85. The lowest BCUT2D eigenvalue weighted by molar-refractivity contribution is 0.0601. The lowest BCUT2D eigenvalue weighted by atomic mass is 10.1. The molecule has 1 N–H and O–H groups in total. The predicted molar refractivity (Wildman–Crippen MR) is 90.0 cm³/mol. The number of aliphatic hydroxyl groups excluding tert-OH is 1. The van der Waals surface area contributed by atoms with E-state index in [2.05, 4.69) is 21.9 Å². The molecule has 5 heteroatoms. The van der Waals surface area contributed by atoms with Crippen molar-refractivity contribution in [3.8, 4) is 11.5 Å². The molecule has 1 aromatic carbocycles. The maximum Gasteiger partial charge on any atom is 0.122 e. The molecule has 0 spiro atoms. The van der Waals surface area contributed by atoms with Gasteiger partial charge < -0.3 is 14.6 Å². The lowest BCUT2D eigenvalue weighted by Crippen LogP contribution is -2.48. The minimum Gasteiger partial charge on any atom is -0.497 e. The van der Waals surface area contributed by atoms with Gasteiger partial charge in [0.1, 0.15) is 11.5 Å². The molecular formula is C18H28N2O3. The van der Waals surface area contributed by atoms with Gasteiger partial charge in [0.15, 0.2) is 0 Å². The Balaban J connectivity index is 1.50. The summed E-state index contributed by atoms with van der Waals surface area (Å²) in [6.07, 6.45) is 2.29. The molecular weight excluding hydrogens is 292 g/mol.